The van der Waals surface area contributed by atoms with E-state index in [1.807, 2.05) is 24.3 Å². The van der Waals surface area contributed by atoms with E-state index >= 15 is 0 Å². The molecule has 4 nitrogen and oxygen atoms in total. The zero-order valence-electron chi connectivity index (χ0n) is 14.6. The molecule has 0 N–H and O–H groups in total. The van der Waals surface area contributed by atoms with Crippen LogP contribution in [-0.2, 0) is 0 Å². The molecule has 3 aromatic rings. The molecule has 2 aromatic carbocycles. The fraction of sp³-hybridized carbons (Fsp3) is 0.190. The first kappa shape index (κ1) is 16.8. The summed E-state index contributed by atoms with van der Waals surface area (Å²) in [5, 5.41) is 9.17. The monoisotopic (exact) mass is 440 g/mol. The summed E-state index contributed by atoms with van der Waals surface area (Å²) in [6.45, 7) is 0. The van der Waals surface area contributed by atoms with Gasteiger partial charge in [-0.1, -0.05) is 22.0 Å². The van der Waals surface area contributed by atoms with Crippen molar-refractivity contribution in [3.63, 3.8) is 0 Å². The van der Waals surface area contributed by atoms with E-state index in [4.69, 9.17) is 14.6 Å². The molecule has 0 radical (unpaired) electrons. The van der Waals surface area contributed by atoms with Crippen molar-refractivity contribution in [2.45, 2.75) is 18.7 Å². The summed E-state index contributed by atoms with van der Waals surface area (Å²) in [5.74, 6) is 1.79. The molecule has 0 saturated heterocycles. The molecule has 0 spiro atoms. The Kier molecular flexibility index (Phi) is 4.17. The number of thiophene rings is 1. The van der Waals surface area contributed by atoms with Crippen LogP contribution in [0.25, 0.3) is 0 Å². The first-order chi connectivity index (χ1) is 13.2. The maximum atomic E-state index is 6.35. The number of methoxy groups -OCH3 is 1. The van der Waals surface area contributed by atoms with Gasteiger partial charge in [-0.2, -0.15) is 5.10 Å². The number of hydrogen-bond acceptors (Lipinski definition) is 5. The van der Waals surface area contributed by atoms with Crippen LogP contribution in [0.3, 0.4) is 0 Å². The molecule has 1 aromatic heterocycles. The largest absolute Gasteiger partial charge is 0.497 e. The van der Waals surface area contributed by atoms with Crippen molar-refractivity contribution < 1.29 is 9.47 Å². The molecule has 0 bridgehead atoms. The highest BCUT2D eigenvalue weighted by molar-refractivity contribution is 9.10. The Morgan fingerprint density at radius 2 is 2.04 bits per heavy atom. The second-order valence-corrected chi connectivity index (χ2v) is 8.44. The fourth-order valence-corrected chi connectivity index (χ4v) is 4.76. The molecule has 2 unspecified atom stereocenters. The third-order valence-electron chi connectivity index (χ3n) is 4.96. The number of benzene rings is 2. The van der Waals surface area contributed by atoms with Crippen LogP contribution in [0.15, 0.2) is 69.6 Å². The highest BCUT2D eigenvalue weighted by Gasteiger charge is 2.41. The molecule has 5 rings (SSSR count). The van der Waals surface area contributed by atoms with Crippen LogP contribution < -0.4 is 9.47 Å². The average molecular weight is 441 g/mol. The summed E-state index contributed by atoms with van der Waals surface area (Å²) in [4.78, 5) is 1.16. The van der Waals surface area contributed by atoms with Crippen LogP contribution in [0.4, 0.5) is 0 Å². The molecule has 0 saturated carbocycles. The smallest absolute Gasteiger partial charge is 0.222 e. The first-order valence-electron chi connectivity index (χ1n) is 8.72. The average Bonchev–Trinajstić information content (AvgIpc) is 3.38. The highest BCUT2D eigenvalue weighted by Crippen LogP contribution is 2.48. The second kappa shape index (κ2) is 6.69. The molecule has 2 aliphatic rings. The number of ether oxygens (including phenoxy) is 2. The van der Waals surface area contributed by atoms with E-state index in [-0.39, 0.29) is 12.3 Å². The second-order valence-electron chi connectivity index (χ2n) is 6.54. The maximum absolute atomic E-state index is 6.35. The zero-order chi connectivity index (χ0) is 18.4. The summed E-state index contributed by atoms with van der Waals surface area (Å²) >= 11 is 5.29. The molecule has 3 heterocycles. The Morgan fingerprint density at radius 1 is 1.19 bits per heavy atom. The van der Waals surface area contributed by atoms with Crippen LogP contribution in [0, 0.1) is 0 Å². The number of rotatable bonds is 3. The van der Waals surface area contributed by atoms with Gasteiger partial charge in [0.1, 0.15) is 11.5 Å². The number of hydrazone groups is 1. The summed E-state index contributed by atoms with van der Waals surface area (Å²) < 4.78 is 12.7. The Labute approximate surface area is 170 Å². The zero-order valence-corrected chi connectivity index (χ0v) is 17.0. The van der Waals surface area contributed by atoms with Gasteiger partial charge in [-0.25, -0.2) is 5.01 Å². The van der Waals surface area contributed by atoms with Crippen molar-refractivity contribution in [1.82, 2.24) is 5.01 Å². The Balaban J connectivity index is 1.57. The molecule has 0 amide bonds. The highest BCUT2D eigenvalue weighted by atomic mass is 79.9. The quantitative estimate of drug-likeness (QED) is 0.518. The molecular weight excluding hydrogens is 424 g/mol. The number of nitrogens with zero attached hydrogens (tertiary/aromatic N) is 2. The molecule has 6 heteroatoms. The van der Waals surface area contributed by atoms with Crippen molar-refractivity contribution in [2.24, 2.45) is 5.10 Å². The number of hydrogen-bond donors (Lipinski definition) is 0. The maximum Gasteiger partial charge on any atom is 0.222 e. The summed E-state index contributed by atoms with van der Waals surface area (Å²) in [6, 6.07) is 18.6. The molecule has 2 aliphatic heterocycles. The topological polar surface area (TPSA) is 34.1 Å². The number of fused-ring (bicyclic) bond motifs is 3. The minimum Gasteiger partial charge on any atom is -0.497 e. The van der Waals surface area contributed by atoms with E-state index in [0.717, 1.165) is 38.5 Å². The Morgan fingerprint density at radius 3 is 2.78 bits per heavy atom. The van der Waals surface area contributed by atoms with Crippen LogP contribution >= 0.6 is 27.3 Å². The van der Waals surface area contributed by atoms with Crippen LogP contribution in [0.5, 0.6) is 11.5 Å². The van der Waals surface area contributed by atoms with E-state index in [0.29, 0.717) is 0 Å². The molecule has 0 aliphatic carbocycles. The normalized spacial score (nSPS) is 20.5. The third kappa shape index (κ3) is 2.93. The summed E-state index contributed by atoms with van der Waals surface area (Å²) in [6.07, 6.45) is 0.653. The van der Waals surface area contributed by atoms with Gasteiger partial charge >= 0.3 is 0 Å². The lowest BCUT2D eigenvalue weighted by Gasteiger charge is -2.37. The molecular formula is C21H17BrN2O2S. The Hall–Kier alpha value is -2.31. The molecule has 27 heavy (non-hydrogen) atoms. The third-order valence-corrected chi connectivity index (χ3v) is 6.36. The van der Waals surface area contributed by atoms with Crippen LogP contribution in [0.1, 0.15) is 34.7 Å². The van der Waals surface area contributed by atoms with Crippen molar-refractivity contribution in [3.8, 4) is 11.5 Å². The van der Waals surface area contributed by atoms with Crippen molar-refractivity contribution in [3.05, 3.63) is 80.5 Å². The van der Waals surface area contributed by atoms with E-state index in [1.54, 1.807) is 18.4 Å². The number of halogens is 1. The van der Waals surface area contributed by atoms with E-state index in [2.05, 4.69) is 56.7 Å². The van der Waals surface area contributed by atoms with E-state index < -0.39 is 0 Å². The summed E-state index contributed by atoms with van der Waals surface area (Å²) in [7, 11) is 1.68. The van der Waals surface area contributed by atoms with Crippen molar-refractivity contribution in [1.29, 1.82) is 0 Å². The van der Waals surface area contributed by atoms with Crippen LogP contribution in [-0.4, -0.2) is 17.8 Å². The van der Waals surface area contributed by atoms with Gasteiger partial charge in [0.25, 0.3) is 0 Å². The lowest BCUT2D eigenvalue weighted by Crippen LogP contribution is -2.33. The van der Waals surface area contributed by atoms with Gasteiger partial charge in [-0.3, -0.25) is 0 Å². The van der Waals surface area contributed by atoms with Gasteiger partial charge in [-0.15, -0.1) is 11.3 Å². The lowest BCUT2D eigenvalue weighted by atomic mass is 9.96. The van der Waals surface area contributed by atoms with Gasteiger partial charge in [0.15, 0.2) is 0 Å². The van der Waals surface area contributed by atoms with Crippen LogP contribution in [0.2, 0.25) is 0 Å². The molecule has 0 fully saturated rings. The lowest BCUT2D eigenvalue weighted by molar-refractivity contribution is -0.0166. The van der Waals surface area contributed by atoms with Gasteiger partial charge < -0.3 is 9.47 Å². The predicted octanol–water partition coefficient (Wildman–Crippen LogP) is 5.76. The van der Waals surface area contributed by atoms with Gasteiger partial charge in [0.05, 0.1) is 23.7 Å². The predicted molar refractivity (Wildman–Crippen MR) is 111 cm³/mol. The minimum atomic E-state index is -0.195. The van der Waals surface area contributed by atoms with Gasteiger partial charge in [0, 0.05) is 16.5 Å². The Bertz CT molecular complexity index is 1000. The standard InChI is InChI=1S/C21H17BrN2O2S/c1-25-15-7-4-13(5-8-15)17-12-18-16-11-14(22)6-9-19(16)26-21(24(18)23-17)20-3-2-10-27-20/h2-11,18,21H,12H2,1H3. The minimum absolute atomic E-state index is 0.162. The molecule has 2 atom stereocenters. The van der Waals surface area contributed by atoms with Crippen molar-refractivity contribution in [2.75, 3.05) is 7.11 Å². The SMILES string of the molecule is COc1ccc(C2=NN3C(C2)c2cc(Br)ccc2OC3c2cccs2)cc1. The first-order valence-corrected chi connectivity index (χ1v) is 10.4. The molecule has 136 valence electrons. The fourth-order valence-electron chi connectivity index (χ4n) is 3.64. The van der Waals surface area contributed by atoms with Crippen molar-refractivity contribution >= 4 is 33.0 Å². The summed E-state index contributed by atoms with van der Waals surface area (Å²) in [5.41, 5.74) is 3.36. The van der Waals surface area contributed by atoms with Gasteiger partial charge in [0.2, 0.25) is 6.23 Å². The van der Waals surface area contributed by atoms with E-state index in [9.17, 15) is 0 Å². The van der Waals surface area contributed by atoms with E-state index in [1.165, 1.54) is 5.56 Å². The van der Waals surface area contributed by atoms with Gasteiger partial charge in [-0.05, 0) is 59.5 Å².